The van der Waals surface area contributed by atoms with E-state index in [4.69, 9.17) is 0 Å². The van der Waals surface area contributed by atoms with E-state index < -0.39 is 28.1 Å². The summed E-state index contributed by atoms with van der Waals surface area (Å²) >= 11 is 3.16. The summed E-state index contributed by atoms with van der Waals surface area (Å²) in [5, 5.41) is 0. The van der Waals surface area contributed by atoms with Gasteiger partial charge in [-0.1, -0.05) is 12.1 Å². The molecule has 1 aromatic rings. The van der Waals surface area contributed by atoms with Crippen molar-refractivity contribution in [2.24, 2.45) is 0 Å². The van der Waals surface area contributed by atoms with Crippen LogP contribution < -0.4 is 4.72 Å². The molecule has 1 heterocycles. The summed E-state index contributed by atoms with van der Waals surface area (Å²) in [6.45, 7) is 0.401. The van der Waals surface area contributed by atoms with Crippen LogP contribution in [0.2, 0.25) is 0 Å². The SMILES string of the molecule is CN(C)C(=O)N1CC[C@H](NS(=O)(=O)N(C)C)[C@@H]1Cc1cccc(Br)c1F. The standard InChI is InChI=1S/C16H24BrFN4O3S/c1-20(2)16(23)22-9-8-13(19-26(24,25)21(3)4)14(22)10-11-6-5-7-12(17)15(11)18/h5-7,13-14,19H,8-10H2,1-4H3/t13-,14-/m0/s1. The molecular formula is C16H24BrFN4O3S. The van der Waals surface area contributed by atoms with Gasteiger partial charge < -0.3 is 9.80 Å². The first-order valence-electron chi connectivity index (χ1n) is 8.15. The van der Waals surface area contributed by atoms with E-state index in [2.05, 4.69) is 20.7 Å². The van der Waals surface area contributed by atoms with Gasteiger partial charge >= 0.3 is 6.03 Å². The molecule has 0 spiro atoms. The first-order valence-corrected chi connectivity index (χ1v) is 10.4. The zero-order valence-corrected chi connectivity index (χ0v) is 17.6. The molecule has 1 fully saturated rings. The molecule has 7 nitrogen and oxygen atoms in total. The second-order valence-corrected chi connectivity index (χ2v) is 9.43. The number of rotatable bonds is 5. The molecule has 1 saturated heterocycles. The van der Waals surface area contributed by atoms with Crippen molar-refractivity contribution in [3.05, 3.63) is 34.1 Å². The van der Waals surface area contributed by atoms with Crippen molar-refractivity contribution >= 4 is 32.2 Å². The maximum atomic E-state index is 14.4. The molecule has 146 valence electrons. The molecule has 0 saturated carbocycles. The van der Waals surface area contributed by atoms with Gasteiger partial charge in [0.25, 0.3) is 10.2 Å². The van der Waals surface area contributed by atoms with Crippen LogP contribution in [0.15, 0.2) is 22.7 Å². The Hall–Kier alpha value is -1.23. The van der Waals surface area contributed by atoms with E-state index in [0.29, 0.717) is 23.0 Å². The van der Waals surface area contributed by atoms with E-state index in [0.717, 1.165) is 4.31 Å². The largest absolute Gasteiger partial charge is 0.331 e. The Labute approximate surface area is 162 Å². The molecule has 0 unspecified atom stereocenters. The van der Waals surface area contributed by atoms with Crippen LogP contribution in [0, 0.1) is 5.82 Å². The lowest BCUT2D eigenvalue weighted by molar-refractivity contribution is 0.162. The first-order chi connectivity index (χ1) is 12.0. The fourth-order valence-corrected chi connectivity index (χ4v) is 4.24. The zero-order valence-electron chi connectivity index (χ0n) is 15.2. The van der Waals surface area contributed by atoms with Crippen molar-refractivity contribution in [2.45, 2.75) is 24.9 Å². The smallest absolute Gasteiger partial charge is 0.319 e. The number of urea groups is 1. The predicted molar refractivity (Wildman–Crippen MR) is 102 cm³/mol. The van der Waals surface area contributed by atoms with E-state index in [1.807, 2.05) is 0 Å². The fourth-order valence-electron chi connectivity index (χ4n) is 2.97. The molecule has 2 atom stereocenters. The van der Waals surface area contributed by atoms with Crippen LogP contribution in [0.25, 0.3) is 0 Å². The third kappa shape index (κ3) is 4.54. The quantitative estimate of drug-likeness (QED) is 0.740. The van der Waals surface area contributed by atoms with E-state index in [1.54, 1.807) is 37.2 Å². The van der Waals surface area contributed by atoms with Gasteiger partial charge in [0.1, 0.15) is 5.82 Å². The van der Waals surface area contributed by atoms with Crippen molar-refractivity contribution in [3.63, 3.8) is 0 Å². The number of hydrogen-bond donors (Lipinski definition) is 1. The molecular weight excluding hydrogens is 427 g/mol. The van der Waals surface area contributed by atoms with Gasteiger partial charge in [0.2, 0.25) is 0 Å². The minimum Gasteiger partial charge on any atom is -0.331 e. The van der Waals surface area contributed by atoms with E-state index in [-0.39, 0.29) is 12.5 Å². The molecule has 1 N–H and O–H groups in total. The highest BCUT2D eigenvalue weighted by molar-refractivity contribution is 9.10. The van der Waals surface area contributed by atoms with E-state index in [1.165, 1.54) is 19.0 Å². The number of carbonyl (C=O) groups excluding carboxylic acids is 1. The molecule has 0 aliphatic carbocycles. The van der Waals surface area contributed by atoms with Gasteiger partial charge in [0, 0.05) is 40.8 Å². The Kier molecular flexibility index (Phi) is 6.65. The Balaban J connectivity index is 2.33. The van der Waals surface area contributed by atoms with Crippen LogP contribution in [0.1, 0.15) is 12.0 Å². The number of halogens is 2. The Morgan fingerprint density at radius 2 is 2.00 bits per heavy atom. The van der Waals surface area contributed by atoms with Crippen LogP contribution in [-0.4, -0.2) is 75.4 Å². The predicted octanol–water partition coefficient (Wildman–Crippen LogP) is 1.65. The van der Waals surface area contributed by atoms with Crippen molar-refractivity contribution in [1.82, 2.24) is 18.8 Å². The summed E-state index contributed by atoms with van der Waals surface area (Å²) in [4.78, 5) is 15.5. The number of nitrogens with zero attached hydrogens (tertiary/aromatic N) is 3. The number of carbonyl (C=O) groups is 1. The van der Waals surface area contributed by atoms with Crippen LogP contribution in [0.3, 0.4) is 0 Å². The number of hydrogen-bond acceptors (Lipinski definition) is 3. The zero-order chi connectivity index (χ0) is 19.6. The van der Waals surface area contributed by atoms with Gasteiger partial charge in [0.05, 0.1) is 10.5 Å². The highest BCUT2D eigenvalue weighted by Gasteiger charge is 2.40. The first kappa shape index (κ1) is 21.1. The van der Waals surface area contributed by atoms with Crippen molar-refractivity contribution in [2.75, 3.05) is 34.7 Å². The summed E-state index contributed by atoms with van der Waals surface area (Å²) in [5.41, 5.74) is 0.428. The summed E-state index contributed by atoms with van der Waals surface area (Å²) in [6, 6.07) is 3.76. The van der Waals surface area contributed by atoms with Crippen LogP contribution in [-0.2, 0) is 16.6 Å². The van der Waals surface area contributed by atoms with Crippen LogP contribution >= 0.6 is 15.9 Å². The second kappa shape index (κ2) is 8.20. The maximum absolute atomic E-state index is 14.4. The fraction of sp³-hybridized carbons (Fsp3) is 0.562. The third-order valence-electron chi connectivity index (χ3n) is 4.42. The highest BCUT2D eigenvalue weighted by atomic mass is 79.9. The average molecular weight is 451 g/mol. The monoisotopic (exact) mass is 450 g/mol. The summed E-state index contributed by atoms with van der Waals surface area (Å²) in [6.07, 6.45) is 0.679. The number of benzene rings is 1. The summed E-state index contributed by atoms with van der Waals surface area (Å²) < 4.78 is 43.0. The Bertz CT molecular complexity index is 773. The summed E-state index contributed by atoms with van der Waals surface area (Å²) in [5.74, 6) is -0.397. The minimum absolute atomic E-state index is 0.214. The molecule has 0 aromatic heterocycles. The summed E-state index contributed by atoms with van der Waals surface area (Å²) in [7, 11) is 2.47. The van der Waals surface area contributed by atoms with E-state index in [9.17, 15) is 17.6 Å². The normalized spacial score (nSPS) is 20.7. The van der Waals surface area contributed by atoms with Gasteiger partial charge in [-0.25, -0.2) is 9.18 Å². The lowest BCUT2D eigenvalue weighted by Crippen LogP contribution is -2.52. The molecule has 2 amide bonds. The molecule has 2 rings (SSSR count). The van der Waals surface area contributed by atoms with Gasteiger partial charge in [-0.05, 0) is 40.4 Å². The molecule has 0 radical (unpaired) electrons. The highest BCUT2D eigenvalue weighted by Crippen LogP contribution is 2.27. The molecule has 1 aromatic carbocycles. The average Bonchev–Trinajstić information content (AvgIpc) is 2.92. The molecule has 1 aliphatic rings. The lowest BCUT2D eigenvalue weighted by Gasteiger charge is -2.31. The number of amides is 2. The lowest BCUT2D eigenvalue weighted by atomic mass is 10.0. The molecule has 26 heavy (non-hydrogen) atoms. The second-order valence-electron chi connectivity index (χ2n) is 6.66. The van der Waals surface area contributed by atoms with Crippen LogP contribution in [0.5, 0.6) is 0 Å². The van der Waals surface area contributed by atoms with Gasteiger partial charge in [0.15, 0.2) is 0 Å². The third-order valence-corrected chi connectivity index (χ3v) is 6.59. The number of nitrogens with one attached hydrogen (secondary N) is 1. The Morgan fingerprint density at radius 1 is 1.35 bits per heavy atom. The topological polar surface area (TPSA) is 73.0 Å². The molecule has 0 bridgehead atoms. The van der Waals surface area contributed by atoms with Gasteiger partial charge in [-0.2, -0.15) is 17.4 Å². The molecule has 1 aliphatic heterocycles. The van der Waals surface area contributed by atoms with Gasteiger partial charge in [-0.15, -0.1) is 0 Å². The van der Waals surface area contributed by atoms with Crippen molar-refractivity contribution < 1.29 is 17.6 Å². The van der Waals surface area contributed by atoms with Crippen molar-refractivity contribution in [3.8, 4) is 0 Å². The number of likely N-dealkylation sites (tertiary alicyclic amines) is 1. The maximum Gasteiger partial charge on any atom is 0.319 e. The van der Waals surface area contributed by atoms with E-state index >= 15 is 0 Å². The van der Waals surface area contributed by atoms with Crippen LogP contribution in [0.4, 0.5) is 9.18 Å². The Morgan fingerprint density at radius 3 is 2.58 bits per heavy atom. The van der Waals surface area contributed by atoms with Crippen molar-refractivity contribution in [1.29, 1.82) is 0 Å². The minimum atomic E-state index is -3.67. The molecule has 10 heteroatoms. The van der Waals surface area contributed by atoms with Gasteiger partial charge in [-0.3, -0.25) is 0 Å².